The molecule has 0 amide bonds. The van der Waals surface area contributed by atoms with E-state index >= 15 is 0 Å². The van der Waals surface area contributed by atoms with Gasteiger partial charge in [0, 0.05) is 15.6 Å². The fraction of sp³-hybridized carbons (Fsp3) is 0.240. The van der Waals surface area contributed by atoms with Crippen molar-refractivity contribution in [1.82, 2.24) is 9.55 Å². The van der Waals surface area contributed by atoms with Gasteiger partial charge in [-0.15, -0.1) is 0 Å². The predicted octanol–water partition coefficient (Wildman–Crippen LogP) is 7.27. The minimum Gasteiger partial charge on any atom is -0.486 e. The zero-order chi connectivity index (χ0) is 21.3. The van der Waals surface area contributed by atoms with Gasteiger partial charge in [0.2, 0.25) is 0 Å². The number of nitrogens with zero attached hydrogens (tertiary/aromatic N) is 2. The lowest BCUT2D eigenvalue weighted by Crippen LogP contribution is -2.11. The third-order valence-corrected chi connectivity index (χ3v) is 5.91. The van der Waals surface area contributed by atoms with E-state index in [0.717, 1.165) is 28.2 Å². The lowest BCUT2D eigenvalue weighted by Gasteiger charge is -2.19. The van der Waals surface area contributed by atoms with Crippen LogP contribution in [0.4, 0.5) is 0 Å². The molecule has 0 bridgehead atoms. The molecule has 0 spiro atoms. The molecule has 3 aromatic carbocycles. The van der Waals surface area contributed by atoms with Crippen LogP contribution in [0.5, 0.6) is 5.75 Å². The molecule has 1 heterocycles. The second-order valence-electron chi connectivity index (χ2n) is 8.37. The molecular weight excluding hydrogens is 415 g/mol. The van der Waals surface area contributed by atoms with Crippen LogP contribution in [-0.4, -0.2) is 9.55 Å². The molecule has 4 rings (SSSR count). The van der Waals surface area contributed by atoms with Gasteiger partial charge in [0.25, 0.3) is 0 Å². The molecule has 0 fully saturated rings. The molecule has 0 saturated carbocycles. The van der Waals surface area contributed by atoms with E-state index in [-0.39, 0.29) is 5.41 Å². The highest BCUT2D eigenvalue weighted by molar-refractivity contribution is 6.36. The molecule has 0 aliphatic rings. The van der Waals surface area contributed by atoms with Gasteiger partial charge in [-0.25, -0.2) is 4.98 Å². The van der Waals surface area contributed by atoms with Crippen molar-refractivity contribution < 1.29 is 4.74 Å². The fourth-order valence-electron chi connectivity index (χ4n) is 3.45. The largest absolute Gasteiger partial charge is 0.486 e. The molecule has 0 radical (unpaired) electrons. The van der Waals surface area contributed by atoms with E-state index in [1.165, 1.54) is 5.56 Å². The summed E-state index contributed by atoms with van der Waals surface area (Å²) in [6.45, 7) is 7.48. The topological polar surface area (TPSA) is 27.1 Å². The van der Waals surface area contributed by atoms with E-state index in [4.69, 9.17) is 32.9 Å². The van der Waals surface area contributed by atoms with Crippen molar-refractivity contribution in [3.63, 3.8) is 0 Å². The first-order chi connectivity index (χ1) is 14.3. The number of imidazole rings is 1. The van der Waals surface area contributed by atoms with Crippen LogP contribution in [0.3, 0.4) is 0 Å². The molecule has 0 N–H and O–H groups in total. The smallest absolute Gasteiger partial charge is 0.148 e. The summed E-state index contributed by atoms with van der Waals surface area (Å²) in [5, 5.41) is 1.29. The summed E-state index contributed by atoms with van der Waals surface area (Å²) in [5.41, 5.74) is 4.20. The zero-order valence-electron chi connectivity index (χ0n) is 17.3. The summed E-state index contributed by atoms with van der Waals surface area (Å²) in [4.78, 5) is 4.79. The maximum absolute atomic E-state index is 6.43. The van der Waals surface area contributed by atoms with Gasteiger partial charge in [0.15, 0.2) is 0 Å². The Morgan fingerprint density at radius 2 is 1.53 bits per heavy atom. The molecule has 0 unspecified atom stereocenters. The van der Waals surface area contributed by atoms with Crippen molar-refractivity contribution >= 4 is 34.2 Å². The van der Waals surface area contributed by atoms with Crippen molar-refractivity contribution in [2.45, 2.75) is 39.3 Å². The number of hydrogen-bond acceptors (Lipinski definition) is 2. The standard InChI is InChI=1S/C25H24Cl2N2O/c1-25(2,3)17-11-13-18(14-12-17)30-16-24-28-22-9-4-5-10-23(22)29(24)15-19-20(26)7-6-8-21(19)27/h4-14H,15-16H2,1-3H3. The van der Waals surface area contributed by atoms with Gasteiger partial charge in [-0.05, 0) is 47.4 Å². The van der Waals surface area contributed by atoms with Crippen molar-refractivity contribution in [1.29, 1.82) is 0 Å². The Labute approximate surface area is 187 Å². The highest BCUT2D eigenvalue weighted by Crippen LogP contribution is 2.28. The van der Waals surface area contributed by atoms with Gasteiger partial charge < -0.3 is 9.30 Å². The Kier molecular flexibility index (Phi) is 5.77. The van der Waals surface area contributed by atoms with Crippen LogP contribution in [0.1, 0.15) is 37.7 Å². The molecule has 5 heteroatoms. The number of benzene rings is 3. The summed E-state index contributed by atoms with van der Waals surface area (Å²) in [7, 11) is 0. The van der Waals surface area contributed by atoms with E-state index in [0.29, 0.717) is 23.2 Å². The summed E-state index contributed by atoms with van der Waals surface area (Å²) < 4.78 is 8.20. The SMILES string of the molecule is CC(C)(C)c1ccc(OCc2nc3ccccc3n2Cc2c(Cl)cccc2Cl)cc1. The lowest BCUT2D eigenvalue weighted by molar-refractivity contribution is 0.291. The second-order valence-corrected chi connectivity index (χ2v) is 9.18. The van der Waals surface area contributed by atoms with Gasteiger partial charge in [-0.3, -0.25) is 0 Å². The summed E-state index contributed by atoms with van der Waals surface area (Å²) >= 11 is 12.9. The Hall–Kier alpha value is -2.49. The van der Waals surface area contributed by atoms with Crippen molar-refractivity contribution in [2.75, 3.05) is 0 Å². The molecule has 0 saturated heterocycles. The fourth-order valence-corrected chi connectivity index (χ4v) is 3.97. The van der Waals surface area contributed by atoms with Crippen LogP contribution in [0, 0.1) is 0 Å². The van der Waals surface area contributed by atoms with Gasteiger partial charge in [0.05, 0.1) is 17.6 Å². The summed E-state index contributed by atoms with van der Waals surface area (Å²) in [6.07, 6.45) is 0. The molecule has 30 heavy (non-hydrogen) atoms. The number of aromatic nitrogens is 2. The van der Waals surface area contributed by atoms with Gasteiger partial charge in [-0.1, -0.05) is 74.3 Å². The minimum atomic E-state index is 0.112. The maximum Gasteiger partial charge on any atom is 0.148 e. The van der Waals surface area contributed by atoms with Gasteiger partial charge >= 0.3 is 0 Å². The number of hydrogen-bond donors (Lipinski definition) is 0. The van der Waals surface area contributed by atoms with Crippen LogP contribution >= 0.6 is 23.2 Å². The molecule has 0 aliphatic heterocycles. The van der Waals surface area contributed by atoms with Gasteiger partial charge in [-0.2, -0.15) is 0 Å². The first-order valence-corrected chi connectivity index (χ1v) is 10.7. The lowest BCUT2D eigenvalue weighted by atomic mass is 9.87. The van der Waals surface area contributed by atoms with Crippen LogP contribution in [0.2, 0.25) is 10.0 Å². The summed E-state index contributed by atoms with van der Waals surface area (Å²) in [5.74, 6) is 1.64. The van der Waals surface area contributed by atoms with Crippen LogP contribution in [0.25, 0.3) is 11.0 Å². The Balaban J connectivity index is 1.63. The van der Waals surface area contributed by atoms with E-state index in [2.05, 4.69) is 43.5 Å². The van der Waals surface area contributed by atoms with Crippen molar-refractivity contribution in [2.24, 2.45) is 0 Å². The summed E-state index contributed by atoms with van der Waals surface area (Å²) in [6, 6.07) is 21.9. The van der Waals surface area contributed by atoms with Crippen molar-refractivity contribution in [3.8, 4) is 5.75 Å². The third kappa shape index (κ3) is 4.33. The molecule has 4 aromatic rings. The molecule has 1 aromatic heterocycles. The Morgan fingerprint density at radius 1 is 0.867 bits per heavy atom. The monoisotopic (exact) mass is 438 g/mol. The van der Waals surface area contributed by atoms with E-state index in [9.17, 15) is 0 Å². The van der Waals surface area contributed by atoms with Crippen LogP contribution in [0.15, 0.2) is 66.7 Å². The highest BCUT2D eigenvalue weighted by atomic mass is 35.5. The molecule has 0 atom stereocenters. The van der Waals surface area contributed by atoms with E-state index in [1.54, 1.807) is 0 Å². The first-order valence-electron chi connectivity index (χ1n) is 9.93. The molecular formula is C25H24Cl2N2O. The van der Waals surface area contributed by atoms with Crippen LogP contribution < -0.4 is 4.74 Å². The Bertz CT molecular complexity index is 1150. The number of ether oxygens (including phenoxy) is 1. The Morgan fingerprint density at radius 3 is 2.20 bits per heavy atom. The van der Waals surface area contributed by atoms with Crippen LogP contribution in [-0.2, 0) is 18.6 Å². The molecule has 0 aliphatic carbocycles. The predicted molar refractivity (Wildman–Crippen MR) is 125 cm³/mol. The van der Waals surface area contributed by atoms with E-state index in [1.807, 2.05) is 48.5 Å². The van der Waals surface area contributed by atoms with E-state index < -0.39 is 0 Å². The minimum absolute atomic E-state index is 0.112. The van der Waals surface area contributed by atoms with Gasteiger partial charge in [0.1, 0.15) is 18.2 Å². The number of halogens is 2. The molecule has 3 nitrogen and oxygen atoms in total. The number of para-hydroxylation sites is 2. The molecule has 154 valence electrons. The maximum atomic E-state index is 6.43. The quantitative estimate of drug-likeness (QED) is 0.327. The third-order valence-electron chi connectivity index (χ3n) is 5.20. The van der Waals surface area contributed by atoms with Crippen molar-refractivity contribution in [3.05, 3.63) is 93.7 Å². The second kappa shape index (κ2) is 8.33. The highest BCUT2D eigenvalue weighted by Gasteiger charge is 2.16. The zero-order valence-corrected chi connectivity index (χ0v) is 18.8. The average Bonchev–Trinajstić information content (AvgIpc) is 3.06. The number of rotatable bonds is 5. The first kappa shape index (κ1) is 20.8. The number of fused-ring (bicyclic) bond motifs is 1. The normalized spacial score (nSPS) is 11.8. The average molecular weight is 439 g/mol.